The molecule has 0 saturated heterocycles. The maximum Gasteiger partial charge on any atom is 0.337 e. The average Bonchev–Trinajstić information content (AvgIpc) is 2.46. The standard InChI is InChI=1S/C15H13NO4S/c17-14(18)7-10-3-1-2-4-12(10)9-21-13-6-5-11(8-16-13)15(19)20/h1-6,8H,7,9H2,(H,17,18)(H,19,20). The predicted octanol–water partition coefficient (Wildman–Crippen LogP) is 2.70. The van der Waals surface area contributed by atoms with Crippen LogP contribution in [0, 0.1) is 0 Å². The Morgan fingerprint density at radius 3 is 2.33 bits per heavy atom. The van der Waals surface area contributed by atoms with E-state index in [0.717, 1.165) is 11.1 Å². The van der Waals surface area contributed by atoms with Gasteiger partial charge in [-0.2, -0.15) is 0 Å². The minimum absolute atomic E-state index is 0.0118. The number of aromatic carboxylic acids is 1. The summed E-state index contributed by atoms with van der Waals surface area (Å²) in [5.74, 6) is -1.29. The van der Waals surface area contributed by atoms with Gasteiger partial charge < -0.3 is 10.2 Å². The summed E-state index contributed by atoms with van der Waals surface area (Å²) in [5, 5.41) is 18.4. The van der Waals surface area contributed by atoms with Crippen LogP contribution in [0.5, 0.6) is 0 Å². The summed E-state index contributed by atoms with van der Waals surface area (Å²) in [4.78, 5) is 25.6. The lowest BCUT2D eigenvalue weighted by Gasteiger charge is -2.07. The molecule has 0 amide bonds. The fourth-order valence-corrected chi connectivity index (χ4v) is 2.65. The van der Waals surface area contributed by atoms with Gasteiger partial charge in [0.05, 0.1) is 17.0 Å². The van der Waals surface area contributed by atoms with Crippen molar-refractivity contribution in [3.05, 3.63) is 59.3 Å². The molecule has 0 aliphatic rings. The minimum Gasteiger partial charge on any atom is -0.481 e. The van der Waals surface area contributed by atoms with Gasteiger partial charge >= 0.3 is 11.9 Å². The van der Waals surface area contributed by atoms with Gasteiger partial charge in [0.15, 0.2) is 0 Å². The highest BCUT2D eigenvalue weighted by Gasteiger charge is 2.08. The minimum atomic E-state index is -1.01. The van der Waals surface area contributed by atoms with E-state index >= 15 is 0 Å². The van der Waals surface area contributed by atoms with Crippen LogP contribution < -0.4 is 0 Å². The molecular weight excluding hydrogens is 290 g/mol. The Balaban J connectivity index is 2.06. The number of carboxylic acid groups (broad SMARTS) is 2. The summed E-state index contributed by atoms with van der Waals surface area (Å²) in [5.41, 5.74) is 1.86. The molecule has 0 unspecified atom stereocenters. The number of thioether (sulfide) groups is 1. The molecule has 0 aliphatic heterocycles. The van der Waals surface area contributed by atoms with Crippen LogP contribution in [0.2, 0.25) is 0 Å². The molecule has 2 N–H and O–H groups in total. The lowest BCUT2D eigenvalue weighted by Crippen LogP contribution is -2.03. The van der Waals surface area contributed by atoms with Crippen molar-refractivity contribution in [2.75, 3.05) is 0 Å². The van der Waals surface area contributed by atoms with Crippen LogP contribution in [0.3, 0.4) is 0 Å². The van der Waals surface area contributed by atoms with Gasteiger partial charge in [-0.1, -0.05) is 24.3 Å². The molecule has 0 spiro atoms. The normalized spacial score (nSPS) is 10.3. The van der Waals surface area contributed by atoms with E-state index in [2.05, 4.69) is 4.98 Å². The van der Waals surface area contributed by atoms with Crippen LogP contribution in [0.1, 0.15) is 21.5 Å². The summed E-state index contributed by atoms with van der Waals surface area (Å²) in [6.07, 6.45) is 1.30. The zero-order valence-electron chi connectivity index (χ0n) is 11.0. The van der Waals surface area contributed by atoms with Crippen LogP contribution in [0.4, 0.5) is 0 Å². The van der Waals surface area contributed by atoms with E-state index in [-0.39, 0.29) is 12.0 Å². The number of pyridine rings is 1. The zero-order chi connectivity index (χ0) is 15.2. The van der Waals surface area contributed by atoms with E-state index in [0.29, 0.717) is 10.8 Å². The van der Waals surface area contributed by atoms with Crippen molar-refractivity contribution in [3.63, 3.8) is 0 Å². The quantitative estimate of drug-likeness (QED) is 0.798. The first-order chi connectivity index (χ1) is 10.1. The number of hydrogen-bond acceptors (Lipinski definition) is 4. The third-order valence-electron chi connectivity index (χ3n) is 2.82. The number of nitrogens with zero attached hydrogens (tertiary/aromatic N) is 1. The summed E-state index contributed by atoms with van der Waals surface area (Å²) < 4.78 is 0. The maximum absolute atomic E-state index is 10.8. The number of rotatable bonds is 6. The second-order valence-corrected chi connectivity index (χ2v) is 5.31. The Morgan fingerprint density at radius 2 is 1.76 bits per heavy atom. The molecule has 2 rings (SSSR count). The predicted molar refractivity (Wildman–Crippen MR) is 78.5 cm³/mol. The third kappa shape index (κ3) is 4.32. The Morgan fingerprint density at radius 1 is 1.05 bits per heavy atom. The summed E-state index contributed by atoms with van der Waals surface area (Å²) in [6, 6.07) is 10.5. The molecule has 1 aromatic heterocycles. The molecule has 0 saturated carbocycles. The third-order valence-corrected chi connectivity index (χ3v) is 3.81. The highest BCUT2D eigenvalue weighted by molar-refractivity contribution is 7.98. The van der Waals surface area contributed by atoms with Crippen molar-refractivity contribution in [1.29, 1.82) is 0 Å². The van der Waals surface area contributed by atoms with Crippen molar-refractivity contribution in [3.8, 4) is 0 Å². The van der Waals surface area contributed by atoms with Crippen LogP contribution in [0.25, 0.3) is 0 Å². The van der Waals surface area contributed by atoms with Gasteiger partial charge in [-0.3, -0.25) is 4.79 Å². The van der Waals surface area contributed by atoms with Gasteiger partial charge in [-0.25, -0.2) is 9.78 Å². The number of hydrogen-bond donors (Lipinski definition) is 2. The largest absolute Gasteiger partial charge is 0.481 e. The molecule has 0 aliphatic carbocycles. The molecule has 5 nitrogen and oxygen atoms in total. The first-order valence-corrected chi connectivity index (χ1v) is 7.15. The van der Waals surface area contributed by atoms with Crippen LogP contribution in [-0.4, -0.2) is 27.1 Å². The fourth-order valence-electron chi connectivity index (χ4n) is 1.78. The van der Waals surface area contributed by atoms with E-state index in [1.54, 1.807) is 12.1 Å². The molecule has 21 heavy (non-hydrogen) atoms. The van der Waals surface area contributed by atoms with Gasteiger partial charge in [0.1, 0.15) is 0 Å². The summed E-state index contributed by atoms with van der Waals surface area (Å²) in [6.45, 7) is 0. The monoisotopic (exact) mass is 303 g/mol. The highest BCUT2D eigenvalue weighted by Crippen LogP contribution is 2.23. The second kappa shape index (κ2) is 6.90. The van der Waals surface area contributed by atoms with Crippen LogP contribution in [-0.2, 0) is 17.0 Å². The molecule has 0 radical (unpaired) electrons. The first kappa shape index (κ1) is 15.1. The van der Waals surface area contributed by atoms with Gasteiger partial charge in [-0.15, -0.1) is 11.8 Å². The van der Waals surface area contributed by atoms with Crippen LogP contribution >= 0.6 is 11.8 Å². The van der Waals surface area contributed by atoms with Crippen molar-refractivity contribution in [1.82, 2.24) is 4.98 Å². The lowest BCUT2D eigenvalue weighted by molar-refractivity contribution is -0.136. The van der Waals surface area contributed by atoms with E-state index < -0.39 is 11.9 Å². The van der Waals surface area contributed by atoms with E-state index in [9.17, 15) is 9.59 Å². The van der Waals surface area contributed by atoms with E-state index in [4.69, 9.17) is 10.2 Å². The molecule has 2 aromatic rings. The Bertz CT molecular complexity index is 655. The first-order valence-electron chi connectivity index (χ1n) is 6.17. The Hall–Kier alpha value is -2.34. The van der Waals surface area contributed by atoms with Crippen molar-refractivity contribution < 1.29 is 19.8 Å². The van der Waals surface area contributed by atoms with Crippen molar-refractivity contribution in [2.45, 2.75) is 17.2 Å². The number of carbonyl (C=O) groups is 2. The van der Waals surface area contributed by atoms with Crippen LogP contribution in [0.15, 0.2) is 47.6 Å². The number of aliphatic carboxylic acids is 1. The molecule has 1 heterocycles. The average molecular weight is 303 g/mol. The number of aromatic nitrogens is 1. The molecule has 0 fully saturated rings. The Labute approximate surface area is 125 Å². The molecular formula is C15H13NO4S. The molecule has 6 heteroatoms. The molecule has 0 atom stereocenters. The fraction of sp³-hybridized carbons (Fsp3) is 0.133. The van der Waals surface area contributed by atoms with Crippen molar-refractivity contribution >= 4 is 23.7 Å². The number of benzene rings is 1. The second-order valence-electron chi connectivity index (χ2n) is 4.32. The summed E-state index contributed by atoms with van der Waals surface area (Å²) in [7, 11) is 0. The van der Waals surface area contributed by atoms with E-state index in [1.165, 1.54) is 24.0 Å². The van der Waals surface area contributed by atoms with E-state index in [1.807, 2.05) is 18.2 Å². The maximum atomic E-state index is 10.8. The topological polar surface area (TPSA) is 87.5 Å². The van der Waals surface area contributed by atoms with Crippen molar-refractivity contribution in [2.24, 2.45) is 0 Å². The smallest absolute Gasteiger partial charge is 0.337 e. The summed E-state index contributed by atoms with van der Waals surface area (Å²) >= 11 is 1.44. The van der Waals surface area contributed by atoms with Gasteiger partial charge in [0, 0.05) is 11.9 Å². The van der Waals surface area contributed by atoms with Gasteiger partial charge in [0.2, 0.25) is 0 Å². The highest BCUT2D eigenvalue weighted by atomic mass is 32.2. The van der Waals surface area contributed by atoms with Gasteiger partial charge in [-0.05, 0) is 23.3 Å². The zero-order valence-corrected chi connectivity index (χ0v) is 11.8. The SMILES string of the molecule is O=C(O)Cc1ccccc1CSc1ccc(C(=O)O)cn1. The molecule has 1 aromatic carbocycles. The lowest BCUT2D eigenvalue weighted by atomic mass is 10.1. The molecule has 0 bridgehead atoms. The van der Waals surface area contributed by atoms with Gasteiger partial charge in [0.25, 0.3) is 0 Å². The Kier molecular flexibility index (Phi) is 4.94. The number of carboxylic acids is 2. The molecule has 108 valence electrons.